The summed E-state index contributed by atoms with van der Waals surface area (Å²) in [5.74, 6) is -2.56. The van der Waals surface area contributed by atoms with Gasteiger partial charge in [-0.05, 0) is 19.4 Å². The van der Waals surface area contributed by atoms with E-state index in [9.17, 15) is 14.4 Å². The van der Waals surface area contributed by atoms with E-state index in [1.165, 1.54) is 7.11 Å². The molecule has 1 fully saturated rings. The average molecular weight is 245 g/mol. The van der Waals surface area contributed by atoms with Crippen LogP contribution in [0.3, 0.4) is 0 Å². The average Bonchev–Trinajstić information content (AvgIpc) is 2.80. The van der Waals surface area contributed by atoms with Crippen molar-refractivity contribution in [2.45, 2.75) is 18.9 Å². The molecular formula is C10H15NO6. The molecular weight excluding hydrogens is 230 g/mol. The van der Waals surface area contributed by atoms with Crippen molar-refractivity contribution < 1.29 is 29.3 Å². The van der Waals surface area contributed by atoms with Crippen molar-refractivity contribution >= 4 is 17.9 Å². The maximum atomic E-state index is 10.1. The molecule has 7 heteroatoms. The summed E-state index contributed by atoms with van der Waals surface area (Å²) < 4.78 is 4.11. The van der Waals surface area contributed by atoms with Crippen LogP contribution < -0.4 is 5.32 Å². The first kappa shape index (κ1) is 15.1. The summed E-state index contributed by atoms with van der Waals surface area (Å²) >= 11 is 0. The van der Waals surface area contributed by atoms with Crippen molar-refractivity contribution in [2.75, 3.05) is 13.7 Å². The number of aliphatic carboxylic acids is 2. The summed E-state index contributed by atoms with van der Waals surface area (Å²) in [4.78, 5) is 30.0. The van der Waals surface area contributed by atoms with Gasteiger partial charge in [-0.15, -0.1) is 0 Å². The first-order chi connectivity index (χ1) is 7.97. The molecule has 0 amide bonds. The normalized spacial score (nSPS) is 18.3. The highest BCUT2D eigenvalue weighted by molar-refractivity contribution is 5.90. The number of hydrogen-bond donors (Lipinski definition) is 3. The van der Waals surface area contributed by atoms with E-state index in [0.717, 1.165) is 25.5 Å². The monoisotopic (exact) mass is 245 g/mol. The van der Waals surface area contributed by atoms with Crippen molar-refractivity contribution in [3.05, 3.63) is 12.2 Å². The zero-order valence-electron chi connectivity index (χ0n) is 9.38. The first-order valence-corrected chi connectivity index (χ1v) is 4.92. The van der Waals surface area contributed by atoms with E-state index >= 15 is 0 Å². The Balaban J connectivity index is 0.000000302. The van der Waals surface area contributed by atoms with E-state index < -0.39 is 17.9 Å². The zero-order chi connectivity index (χ0) is 13.3. The Hall–Kier alpha value is -1.89. The molecule has 17 heavy (non-hydrogen) atoms. The Kier molecular flexibility index (Phi) is 7.36. The molecule has 0 aliphatic carbocycles. The topological polar surface area (TPSA) is 113 Å². The SMILES string of the molecule is COC(=O)/C=C/C(=O)O.O=C(O)[C@@H]1CCCN1. The van der Waals surface area contributed by atoms with E-state index in [0.29, 0.717) is 6.08 Å². The van der Waals surface area contributed by atoms with Crippen molar-refractivity contribution in [1.29, 1.82) is 0 Å². The maximum Gasteiger partial charge on any atom is 0.330 e. The van der Waals surface area contributed by atoms with Gasteiger partial charge in [0, 0.05) is 12.2 Å². The quantitative estimate of drug-likeness (QED) is 0.459. The Labute approximate surface area is 98.1 Å². The van der Waals surface area contributed by atoms with Crippen LogP contribution in [0.25, 0.3) is 0 Å². The molecule has 0 saturated carbocycles. The van der Waals surface area contributed by atoms with Gasteiger partial charge in [-0.25, -0.2) is 9.59 Å². The minimum atomic E-state index is -1.17. The molecule has 1 heterocycles. The number of methoxy groups -OCH3 is 1. The van der Waals surface area contributed by atoms with Gasteiger partial charge in [0.15, 0.2) is 0 Å². The molecule has 0 bridgehead atoms. The third-order valence-corrected chi connectivity index (χ3v) is 1.92. The molecule has 0 aromatic carbocycles. The maximum absolute atomic E-state index is 10.1. The zero-order valence-corrected chi connectivity index (χ0v) is 9.38. The Morgan fingerprint density at radius 2 is 1.94 bits per heavy atom. The van der Waals surface area contributed by atoms with Gasteiger partial charge in [0.1, 0.15) is 6.04 Å². The number of nitrogens with one attached hydrogen (secondary N) is 1. The molecule has 96 valence electrons. The molecule has 0 radical (unpaired) electrons. The number of carbonyl (C=O) groups excluding carboxylic acids is 1. The minimum Gasteiger partial charge on any atom is -0.480 e. The standard InChI is InChI=1S/C5H9NO2.C5H6O4/c7-5(8)4-2-1-3-6-4;1-9-5(8)3-2-4(6)7/h4,6H,1-3H2,(H,7,8);2-3H,1H3,(H,6,7)/b;3-2+/t4-;/m0./s1. The third kappa shape index (κ3) is 7.97. The fourth-order valence-corrected chi connectivity index (χ4v) is 1.10. The van der Waals surface area contributed by atoms with Gasteiger partial charge in [-0.1, -0.05) is 0 Å². The minimum absolute atomic E-state index is 0.269. The number of esters is 1. The van der Waals surface area contributed by atoms with Crippen LogP contribution in [0, 0.1) is 0 Å². The molecule has 1 saturated heterocycles. The lowest BCUT2D eigenvalue weighted by molar-refractivity contribution is -0.139. The number of rotatable bonds is 3. The van der Waals surface area contributed by atoms with E-state index in [1.807, 2.05) is 0 Å². The fourth-order valence-electron chi connectivity index (χ4n) is 1.10. The van der Waals surface area contributed by atoms with Crippen LogP contribution in [-0.2, 0) is 19.1 Å². The van der Waals surface area contributed by atoms with Crippen LogP contribution in [0.5, 0.6) is 0 Å². The van der Waals surface area contributed by atoms with Gasteiger partial charge in [0.2, 0.25) is 0 Å². The summed E-state index contributed by atoms with van der Waals surface area (Å²) in [5, 5.41) is 19.2. The van der Waals surface area contributed by atoms with Crippen LogP contribution in [0.2, 0.25) is 0 Å². The number of hydrogen-bond acceptors (Lipinski definition) is 5. The fraction of sp³-hybridized carbons (Fsp3) is 0.500. The van der Waals surface area contributed by atoms with Gasteiger partial charge in [0.25, 0.3) is 0 Å². The molecule has 0 aromatic rings. The molecule has 7 nitrogen and oxygen atoms in total. The largest absolute Gasteiger partial charge is 0.480 e. The summed E-state index contributed by atoms with van der Waals surface area (Å²) in [6.45, 7) is 0.858. The lowest BCUT2D eigenvalue weighted by atomic mass is 10.2. The lowest BCUT2D eigenvalue weighted by Crippen LogP contribution is -2.29. The van der Waals surface area contributed by atoms with Gasteiger partial charge in [-0.2, -0.15) is 0 Å². The Bertz CT molecular complexity index is 306. The van der Waals surface area contributed by atoms with Gasteiger partial charge in [-0.3, -0.25) is 4.79 Å². The van der Waals surface area contributed by atoms with Crippen molar-refractivity contribution in [3.63, 3.8) is 0 Å². The smallest absolute Gasteiger partial charge is 0.330 e. The second kappa shape index (κ2) is 8.28. The number of carboxylic acid groups (broad SMARTS) is 2. The molecule has 0 aromatic heterocycles. The van der Waals surface area contributed by atoms with E-state index in [-0.39, 0.29) is 6.04 Å². The number of carboxylic acids is 2. The molecule has 3 N–H and O–H groups in total. The first-order valence-electron chi connectivity index (χ1n) is 4.92. The highest BCUT2D eigenvalue weighted by Crippen LogP contribution is 2.03. The highest BCUT2D eigenvalue weighted by Gasteiger charge is 2.20. The molecule has 0 unspecified atom stereocenters. The summed E-state index contributed by atoms with van der Waals surface area (Å²) in [6.07, 6.45) is 3.33. The van der Waals surface area contributed by atoms with Crippen LogP contribution in [0.1, 0.15) is 12.8 Å². The van der Waals surface area contributed by atoms with E-state index in [2.05, 4.69) is 10.1 Å². The lowest BCUT2D eigenvalue weighted by Gasteiger charge is -1.99. The number of ether oxygens (including phenoxy) is 1. The van der Waals surface area contributed by atoms with Crippen molar-refractivity contribution in [2.24, 2.45) is 0 Å². The van der Waals surface area contributed by atoms with Gasteiger partial charge in [0.05, 0.1) is 7.11 Å². The van der Waals surface area contributed by atoms with Crippen LogP contribution in [0.4, 0.5) is 0 Å². The van der Waals surface area contributed by atoms with Gasteiger partial charge < -0.3 is 20.3 Å². The highest BCUT2D eigenvalue weighted by atomic mass is 16.5. The second-order valence-corrected chi connectivity index (χ2v) is 3.18. The van der Waals surface area contributed by atoms with E-state index in [1.54, 1.807) is 0 Å². The van der Waals surface area contributed by atoms with Crippen molar-refractivity contribution in [1.82, 2.24) is 5.32 Å². The van der Waals surface area contributed by atoms with Crippen LogP contribution >= 0.6 is 0 Å². The van der Waals surface area contributed by atoms with Crippen LogP contribution in [0.15, 0.2) is 12.2 Å². The Morgan fingerprint density at radius 3 is 2.24 bits per heavy atom. The van der Waals surface area contributed by atoms with Gasteiger partial charge >= 0.3 is 17.9 Å². The third-order valence-electron chi connectivity index (χ3n) is 1.92. The van der Waals surface area contributed by atoms with Crippen molar-refractivity contribution in [3.8, 4) is 0 Å². The second-order valence-electron chi connectivity index (χ2n) is 3.18. The predicted octanol–water partition coefficient (Wildman–Crippen LogP) is -0.377. The Morgan fingerprint density at radius 1 is 1.29 bits per heavy atom. The van der Waals surface area contributed by atoms with Crippen LogP contribution in [-0.4, -0.2) is 47.8 Å². The molecule has 1 rings (SSSR count). The van der Waals surface area contributed by atoms with E-state index in [4.69, 9.17) is 10.2 Å². The summed E-state index contributed by atoms with van der Waals surface area (Å²) in [7, 11) is 1.18. The predicted molar refractivity (Wildman–Crippen MR) is 57.5 cm³/mol. The molecule has 1 aliphatic heterocycles. The summed E-state index contributed by atoms with van der Waals surface area (Å²) in [6, 6.07) is -0.269. The molecule has 1 atom stereocenters. The molecule has 1 aliphatic rings. The summed E-state index contributed by atoms with van der Waals surface area (Å²) in [5.41, 5.74) is 0. The number of carbonyl (C=O) groups is 3. The molecule has 0 spiro atoms.